The lowest BCUT2D eigenvalue weighted by Gasteiger charge is -2.23. The molecule has 0 aromatic carbocycles. The standard InChI is InChI=1S/C15H29N3/c1-4-9-17-15(3,13-16)8-5-6-10-18-11-7-14(2)12-18/h14,17H,4-12H2,1-3H3. The first kappa shape index (κ1) is 15.5. The molecule has 0 amide bonds. The minimum atomic E-state index is -0.325. The lowest BCUT2D eigenvalue weighted by molar-refractivity contribution is 0.308. The second-order valence-corrected chi connectivity index (χ2v) is 6.02. The topological polar surface area (TPSA) is 39.1 Å². The van der Waals surface area contributed by atoms with Gasteiger partial charge >= 0.3 is 0 Å². The molecule has 0 bridgehead atoms. The summed E-state index contributed by atoms with van der Waals surface area (Å²) in [5.41, 5.74) is -0.325. The largest absolute Gasteiger partial charge is 0.303 e. The zero-order valence-electron chi connectivity index (χ0n) is 12.3. The summed E-state index contributed by atoms with van der Waals surface area (Å²) >= 11 is 0. The van der Waals surface area contributed by atoms with Crippen LogP contribution in [0.15, 0.2) is 0 Å². The Bertz CT molecular complexity index is 271. The fourth-order valence-corrected chi connectivity index (χ4v) is 2.63. The third-order valence-electron chi connectivity index (χ3n) is 3.92. The van der Waals surface area contributed by atoms with Crippen LogP contribution in [0.1, 0.15) is 52.9 Å². The van der Waals surface area contributed by atoms with Crippen LogP contribution < -0.4 is 5.32 Å². The third kappa shape index (κ3) is 5.37. The number of rotatable bonds is 8. The summed E-state index contributed by atoms with van der Waals surface area (Å²) in [5, 5.41) is 12.6. The zero-order chi connectivity index (χ0) is 13.4. The highest BCUT2D eigenvalue weighted by atomic mass is 15.1. The van der Waals surface area contributed by atoms with Gasteiger partial charge in [-0.2, -0.15) is 5.26 Å². The Balaban J connectivity index is 2.13. The first-order valence-electron chi connectivity index (χ1n) is 7.48. The molecule has 3 nitrogen and oxygen atoms in total. The Morgan fingerprint density at radius 2 is 2.22 bits per heavy atom. The fraction of sp³-hybridized carbons (Fsp3) is 0.933. The molecule has 0 aliphatic carbocycles. The van der Waals surface area contributed by atoms with Gasteiger partial charge in [-0.3, -0.25) is 5.32 Å². The molecular formula is C15H29N3. The molecule has 2 atom stereocenters. The molecule has 0 radical (unpaired) electrons. The Morgan fingerprint density at radius 1 is 1.44 bits per heavy atom. The maximum Gasteiger partial charge on any atom is 0.103 e. The molecule has 18 heavy (non-hydrogen) atoms. The quantitative estimate of drug-likeness (QED) is 0.674. The van der Waals surface area contributed by atoms with E-state index in [4.69, 9.17) is 0 Å². The van der Waals surface area contributed by atoms with Crippen LogP contribution in [0.25, 0.3) is 0 Å². The van der Waals surface area contributed by atoms with Crippen molar-refractivity contribution in [3.8, 4) is 6.07 Å². The van der Waals surface area contributed by atoms with Crippen molar-refractivity contribution in [2.24, 2.45) is 5.92 Å². The molecule has 0 aromatic rings. The van der Waals surface area contributed by atoms with E-state index in [1.165, 1.54) is 32.5 Å². The number of nitrogens with zero attached hydrogens (tertiary/aromatic N) is 2. The van der Waals surface area contributed by atoms with Crippen molar-refractivity contribution in [2.45, 2.75) is 58.4 Å². The lowest BCUT2D eigenvalue weighted by Crippen LogP contribution is -2.41. The molecule has 1 fully saturated rings. The van der Waals surface area contributed by atoms with E-state index in [0.717, 1.165) is 31.7 Å². The highest BCUT2D eigenvalue weighted by molar-refractivity contribution is 5.03. The number of likely N-dealkylation sites (tertiary alicyclic amines) is 1. The van der Waals surface area contributed by atoms with Gasteiger partial charge in [0.1, 0.15) is 5.54 Å². The van der Waals surface area contributed by atoms with E-state index in [1.807, 2.05) is 6.92 Å². The Kier molecular flexibility index (Phi) is 6.67. The van der Waals surface area contributed by atoms with E-state index < -0.39 is 0 Å². The highest BCUT2D eigenvalue weighted by Gasteiger charge is 2.22. The summed E-state index contributed by atoms with van der Waals surface area (Å²) in [6.45, 7) is 11.2. The first-order chi connectivity index (χ1) is 8.59. The summed E-state index contributed by atoms with van der Waals surface area (Å²) in [5.74, 6) is 0.876. The maximum absolute atomic E-state index is 9.23. The third-order valence-corrected chi connectivity index (χ3v) is 3.92. The van der Waals surface area contributed by atoms with Crippen molar-refractivity contribution in [1.82, 2.24) is 10.2 Å². The molecule has 1 N–H and O–H groups in total. The lowest BCUT2D eigenvalue weighted by atomic mass is 9.96. The highest BCUT2D eigenvalue weighted by Crippen LogP contribution is 2.17. The normalized spacial score (nSPS) is 23.8. The number of hydrogen-bond acceptors (Lipinski definition) is 3. The Morgan fingerprint density at radius 3 is 2.78 bits per heavy atom. The predicted molar refractivity (Wildman–Crippen MR) is 76.4 cm³/mol. The van der Waals surface area contributed by atoms with Crippen LogP contribution in [-0.4, -0.2) is 36.6 Å². The molecule has 1 aliphatic heterocycles. The predicted octanol–water partition coefficient (Wildman–Crippen LogP) is 2.78. The van der Waals surface area contributed by atoms with Gasteiger partial charge in [-0.1, -0.05) is 13.8 Å². The number of nitrogens with one attached hydrogen (secondary N) is 1. The average molecular weight is 251 g/mol. The van der Waals surface area contributed by atoms with Gasteiger partial charge in [-0.15, -0.1) is 0 Å². The molecule has 2 unspecified atom stereocenters. The summed E-state index contributed by atoms with van der Waals surface area (Å²) in [6.07, 6.45) is 5.77. The van der Waals surface area contributed by atoms with Crippen LogP contribution in [-0.2, 0) is 0 Å². The average Bonchev–Trinajstić information content (AvgIpc) is 2.78. The van der Waals surface area contributed by atoms with Gasteiger partial charge in [0.15, 0.2) is 0 Å². The van der Waals surface area contributed by atoms with E-state index in [-0.39, 0.29) is 5.54 Å². The molecular weight excluding hydrogens is 222 g/mol. The summed E-state index contributed by atoms with van der Waals surface area (Å²) in [7, 11) is 0. The van der Waals surface area contributed by atoms with Crippen LogP contribution in [0.2, 0.25) is 0 Å². The molecule has 3 heteroatoms. The summed E-state index contributed by atoms with van der Waals surface area (Å²) < 4.78 is 0. The van der Waals surface area contributed by atoms with Gasteiger partial charge in [0.2, 0.25) is 0 Å². The van der Waals surface area contributed by atoms with Crippen LogP contribution in [0.5, 0.6) is 0 Å². The summed E-state index contributed by atoms with van der Waals surface area (Å²) in [4.78, 5) is 2.56. The SMILES string of the molecule is CCCNC(C)(C#N)CCCCN1CCC(C)C1. The monoisotopic (exact) mass is 251 g/mol. The minimum absolute atomic E-state index is 0.325. The van der Waals surface area contributed by atoms with E-state index in [1.54, 1.807) is 0 Å². The number of hydrogen-bond donors (Lipinski definition) is 1. The Labute approximate surface area is 113 Å². The van der Waals surface area contributed by atoms with E-state index >= 15 is 0 Å². The van der Waals surface area contributed by atoms with Crippen LogP contribution in [0.3, 0.4) is 0 Å². The Hall–Kier alpha value is -0.590. The van der Waals surface area contributed by atoms with Crippen molar-refractivity contribution in [2.75, 3.05) is 26.2 Å². The van der Waals surface area contributed by atoms with Crippen LogP contribution >= 0.6 is 0 Å². The van der Waals surface area contributed by atoms with E-state index in [0.29, 0.717) is 0 Å². The second kappa shape index (κ2) is 7.76. The molecule has 1 heterocycles. The summed E-state index contributed by atoms with van der Waals surface area (Å²) in [6, 6.07) is 2.42. The fourth-order valence-electron chi connectivity index (χ4n) is 2.63. The minimum Gasteiger partial charge on any atom is -0.303 e. The van der Waals surface area contributed by atoms with Crippen molar-refractivity contribution < 1.29 is 0 Å². The van der Waals surface area contributed by atoms with Crippen molar-refractivity contribution >= 4 is 0 Å². The molecule has 104 valence electrons. The van der Waals surface area contributed by atoms with Gasteiger partial charge in [-0.05, 0) is 64.6 Å². The van der Waals surface area contributed by atoms with Gasteiger partial charge < -0.3 is 4.90 Å². The van der Waals surface area contributed by atoms with Gasteiger partial charge in [-0.25, -0.2) is 0 Å². The van der Waals surface area contributed by atoms with E-state index in [9.17, 15) is 5.26 Å². The van der Waals surface area contributed by atoms with Gasteiger partial charge in [0.05, 0.1) is 6.07 Å². The van der Waals surface area contributed by atoms with Gasteiger partial charge in [0, 0.05) is 6.54 Å². The zero-order valence-corrected chi connectivity index (χ0v) is 12.3. The van der Waals surface area contributed by atoms with Crippen molar-refractivity contribution in [1.29, 1.82) is 5.26 Å². The number of nitriles is 1. The molecule has 1 aliphatic rings. The van der Waals surface area contributed by atoms with E-state index in [2.05, 4.69) is 30.1 Å². The molecule has 0 saturated carbocycles. The van der Waals surface area contributed by atoms with Crippen LogP contribution in [0, 0.1) is 17.2 Å². The molecule has 1 rings (SSSR count). The molecule has 0 aromatic heterocycles. The molecule has 0 spiro atoms. The maximum atomic E-state index is 9.23. The van der Waals surface area contributed by atoms with Crippen molar-refractivity contribution in [3.05, 3.63) is 0 Å². The number of unbranched alkanes of at least 4 members (excludes halogenated alkanes) is 1. The van der Waals surface area contributed by atoms with Crippen LogP contribution in [0.4, 0.5) is 0 Å². The first-order valence-corrected chi connectivity index (χ1v) is 7.48. The van der Waals surface area contributed by atoms with Crippen molar-refractivity contribution in [3.63, 3.8) is 0 Å². The smallest absolute Gasteiger partial charge is 0.103 e. The van der Waals surface area contributed by atoms with Gasteiger partial charge in [0.25, 0.3) is 0 Å². The second-order valence-electron chi connectivity index (χ2n) is 6.02. The molecule has 1 saturated heterocycles.